The van der Waals surface area contributed by atoms with Crippen molar-refractivity contribution in [1.29, 1.82) is 0 Å². The van der Waals surface area contributed by atoms with Crippen molar-refractivity contribution in [3.63, 3.8) is 0 Å². The second-order valence-electron chi connectivity index (χ2n) is 11.2. The zero-order valence-electron chi connectivity index (χ0n) is 19.6. The van der Waals surface area contributed by atoms with Gasteiger partial charge >= 0.3 is 0 Å². The molecule has 0 aliphatic heterocycles. The van der Waals surface area contributed by atoms with Crippen LogP contribution in [-0.2, 0) is 0 Å². The van der Waals surface area contributed by atoms with E-state index in [4.69, 9.17) is 23.2 Å². The molecular formula is C34H24Cl2. The van der Waals surface area contributed by atoms with E-state index < -0.39 is 0 Å². The van der Waals surface area contributed by atoms with E-state index >= 15 is 0 Å². The van der Waals surface area contributed by atoms with Gasteiger partial charge in [0.05, 0.1) is 10.8 Å². The van der Waals surface area contributed by atoms with Crippen molar-refractivity contribution < 1.29 is 0 Å². The first-order chi connectivity index (χ1) is 17.8. The SMILES string of the molecule is Cl[C@@H]1[C@H](Cl)[C@@H]2C(=C3C4c5ccccc5C(c5ccccc54)[C@H]31)C1c3ccccc3C2c2ccccc21. The van der Waals surface area contributed by atoms with Crippen LogP contribution in [0.5, 0.6) is 0 Å². The molecule has 0 nitrogen and oxygen atoms in total. The van der Waals surface area contributed by atoms with Crippen LogP contribution in [0.4, 0.5) is 0 Å². The Morgan fingerprint density at radius 2 is 0.611 bits per heavy atom. The van der Waals surface area contributed by atoms with Gasteiger partial charge in [-0.05, 0) is 44.5 Å². The molecule has 4 atom stereocenters. The fourth-order valence-corrected chi connectivity index (χ4v) is 9.79. The molecule has 0 amide bonds. The summed E-state index contributed by atoms with van der Waals surface area (Å²) in [6.45, 7) is 0. The van der Waals surface area contributed by atoms with Gasteiger partial charge in [-0.1, -0.05) is 108 Å². The minimum absolute atomic E-state index is 0.108. The minimum atomic E-state index is -0.108. The summed E-state index contributed by atoms with van der Waals surface area (Å²) in [7, 11) is 0. The largest absolute Gasteiger partial charge is 0.121 e. The molecule has 0 radical (unpaired) electrons. The van der Waals surface area contributed by atoms with E-state index in [1.807, 2.05) is 0 Å². The molecule has 0 aromatic heterocycles. The van der Waals surface area contributed by atoms with Crippen LogP contribution < -0.4 is 0 Å². The van der Waals surface area contributed by atoms with Crippen molar-refractivity contribution >= 4 is 23.2 Å². The van der Waals surface area contributed by atoms with E-state index in [-0.39, 0.29) is 46.3 Å². The summed E-state index contributed by atoms with van der Waals surface area (Å²) in [4.78, 5) is 0. The Kier molecular flexibility index (Phi) is 3.91. The lowest BCUT2D eigenvalue weighted by molar-refractivity contribution is 0.315. The van der Waals surface area contributed by atoms with Crippen molar-refractivity contribution in [2.24, 2.45) is 11.8 Å². The number of benzene rings is 4. The molecule has 2 heteroatoms. The Hall–Kier alpha value is -2.80. The Morgan fingerprint density at radius 1 is 0.361 bits per heavy atom. The van der Waals surface area contributed by atoms with Crippen molar-refractivity contribution in [3.05, 3.63) is 153 Å². The number of hydrogen-bond acceptors (Lipinski definition) is 0. The standard InChI is InChI=1S/C34H24Cl2/c35-33-31-27-21-13-5-1-9-17(21)25(18-10-2-6-14-22(18)27)29(31)30-26-19-11-3-7-15-23(19)28(32(30)34(33)36)24-16-8-4-12-20(24)26/h1-16,25-28,31-34H/t25?,26?,27?,28?,31-,32+,33+,34-. The number of rotatable bonds is 0. The van der Waals surface area contributed by atoms with Crippen LogP contribution in [0, 0.1) is 11.8 Å². The van der Waals surface area contributed by atoms with Gasteiger partial charge in [0.1, 0.15) is 0 Å². The predicted molar refractivity (Wildman–Crippen MR) is 146 cm³/mol. The maximum Gasteiger partial charge on any atom is 0.0580 e. The van der Waals surface area contributed by atoms with E-state index in [0.717, 1.165) is 0 Å². The first kappa shape index (κ1) is 20.3. The van der Waals surface area contributed by atoms with Crippen LogP contribution in [0.1, 0.15) is 68.2 Å². The molecule has 4 aromatic carbocycles. The zero-order valence-corrected chi connectivity index (χ0v) is 21.1. The van der Waals surface area contributed by atoms with Gasteiger partial charge in [-0.3, -0.25) is 0 Å². The second kappa shape index (κ2) is 6.94. The zero-order chi connectivity index (χ0) is 23.7. The molecule has 0 spiro atoms. The fourth-order valence-electron chi connectivity index (χ4n) is 8.91. The van der Waals surface area contributed by atoms with Gasteiger partial charge in [0.25, 0.3) is 0 Å². The van der Waals surface area contributed by atoms with Gasteiger partial charge in [0, 0.05) is 35.5 Å². The number of halogens is 2. The van der Waals surface area contributed by atoms with Gasteiger partial charge < -0.3 is 0 Å². The Bertz CT molecular complexity index is 1410. The van der Waals surface area contributed by atoms with Crippen LogP contribution in [0.25, 0.3) is 0 Å². The van der Waals surface area contributed by atoms with E-state index in [9.17, 15) is 0 Å². The highest BCUT2D eigenvalue weighted by Gasteiger charge is 2.60. The average Bonchev–Trinajstić information content (AvgIpc) is 2.95. The van der Waals surface area contributed by atoms with E-state index in [1.54, 1.807) is 11.1 Å². The lowest BCUT2D eigenvalue weighted by Gasteiger charge is -2.59. The van der Waals surface area contributed by atoms with Crippen molar-refractivity contribution in [3.8, 4) is 0 Å². The monoisotopic (exact) mass is 502 g/mol. The third kappa shape index (κ3) is 2.22. The van der Waals surface area contributed by atoms with Crippen LogP contribution in [0.2, 0.25) is 0 Å². The smallest absolute Gasteiger partial charge is 0.0580 e. The lowest BCUT2D eigenvalue weighted by Crippen LogP contribution is -2.52. The maximum atomic E-state index is 7.51. The van der Waals surface area contributed by atoms with Crippen LogP contribution >= 0.6 is 23.2 Å². The molecule has 0 unspecified atom stereocenters. The van der Waals surface area contributed by atoms with Crippen molar-refractivity contribution in [2.45, 2.75) is 34.4 Å². The Morgan fingerprint density at radius 3 is 0.889 bits per heavy atom. The predicted octanol–water partition coefficient (Wildman–Crippen LogP) is 8.33. The van der Waals surface area contributed by atoms with Crippen LogP contribution in [0.3, 0.4) is 0 Å². The molecule has 174 valence electrons. The third-order valence-corrected chi connectivity index (χ3v) is 11.2. The van der Waals surface area contributed by atoms with Gasteiger partial charge in [-0.15, -0.1) is 23.2 Å². The molecule has 0 fully saturated rings. The molecule has 0 saturated carbocycles. The van der Waals surface area contributed by atoms with E-state index in [0.29, 0.717) is 0 Å². The quantitative estimate of drug-likeness (QED) is 0.167. The van der Waals surface area contributed by atoms with Crippen molar-refractivity contribution in [1.82, 2.24) is 0 Å². The first-order valence-corrected chi connectivity index (χ1v) is 14.0. The molecule has 4 bridgehead atoms. The summed E-state index contributed by atoms with van der Waals surface area (Å²) >= 11 is 15.0. The lowest BCUT2D eigenvalue weighted by atomic mass is 9.46. The highest BCUT2D eigenvalue weighted by Crippen LogP contribution is 2.70. The highest BCUT2D eigenvalue weighted by molar-refractivity contribution is 6.31. The van der Waals surface area contributed by atoms with E-state index in [1.165, 1.54) is 44.5 Å². The molecule has 4 aromatic rings. The first-order valence-electron chi connectivity index (χ1n) is 13.1. The average molecular weight is 503 g/mol. The maximum absolute atomic E-state index is 7.51. The van der Waals surface area contributed by atoms with Crippen molar-refractivity contribution in [2.75, 3.05) is 0 Å². The number of hydrogen-bond donors (Lipinski definition) is 0. The summed E-state index contributed by atoms with van der Waals surface area (Å²) < 4.78 is 0. The molecular weight excluding hydrogens is 479 g/mol. The topological polar surface area (TPSA) is 0 Å². The summed E-state index contributed by atoms with van der Waals surface area (Å²) in [5, 5.41) is -0.216. The third-order valence-electron chi connectivity index (χ3n) is 9.95. The molecule has 7 aliphatic rings. The number of alkyl halides is 2. The Labute approximate surface area is 221 Å². The van der Waals surface area contributed by atoms with E-state index in [2.05, 4.69) is 97.1 Å². The molecule has 0 heterocycles. The van der Waals surface area contributed by atoms with Gasteiger partial charge in [-0.2, -0.15) is 0 Å². The van der Waals surface area contributed by atoms with Crippen LogP contribution in [0.15, 0.2) is 108 Å². The summed E-state index contributed by atoms with van der Waals surface area (Å²) in [6, 6.07) is 36.4. The number of allylic oxidation sites excluding steroid dienone is 2. The summed E-state index contributed by atoms with van der Waals surface area (Å²) in [6.07, 6.45) is 0. The highest BCUT2D eigenvalue weighted by atomic mass is 35.5. The Balaban J connectivity index is 1.43. The van der Waals surface area contributed by atoms with Gasteiger partial charge in [-0.25, -0.2) is 0 Å². The normalized spacial score (nSPS) is 33.7. The van der Waals surface area contributed by atoms with Gasteiger partial charge in [0.15, 0.2) is 0 Å². The second-order valence-corrected chi connectivity index (χ2v) is 12.2. The van der Waals surface area contributed by atoms with Crippen LogP contribution in [-0.4, -0.2) is 10.8 Å². The molecule has 7 aliphatic carbocycles. The van der Waals surface area contributed by atoms with Gasteiger partial charge in [0.2, 0.25) is 0 Å². The fraction of sp³-hybridized carbons (Fsp3) is 0.235. The summed E-state index contributed by atoms with van der Waals surface area (Å²) in [5.74, 6) is 1.51. The molecule has 0 saturated heterocycles. The molecule has 0 N–H and O–H groups in total. The molecule has 11 rings (SSSR count). The minimum Gasteiger partial charge on any atom is -0.121 e. The summed E-state index contributed by atoms with van der Waals surface area (Å²) in [5.41, 5.74) is 14.8. The molecule has 36 heavy (non-hydrogen) atoms.